The average molecular weight is 463 g/mol. The van der Waals surface area contributed by atoms with Crippen LogP contribution in [0.15, 0.2) is 72.8 Å². The molecule has 1 amide bonds. The normalized spacial score (nSPS) is 15.4. The number of likely N-dealkylation sites (tertiary alicyclic amines) is 1. The van der Waals surface area contributed by atoms with Gasteiger partial charge in [-0.25, -0.2) is 0 Å². The van der Waals surface area contributed by atoms with Crippen molar-refractivity contribution in [2.75, 3.05) is 13.1 Å². The largest absolute Gasteiger partial charge is 0.416 e. The zero-order valence-corrected chi connectivity index (χ0v) is 18.7. The maximum absolute atomic E-state index is 13.6. The van der Waals surface area contributed by atoms with E-state index in [0.29, 0.717) is 11.1 Å². The Morgan fingerprint density at radius 2 is 1.50 bits per heavy atom. The van der Waals surface area contributed by atoms with Gasteiger partial charge in [-0.05, 0) is 67.8 Å². The van der Waals surface area contributed by atoms with Gasteiger partial charge in [0.2, 0.25) is 0 Å². The molecule has 174 valence electrons. The fraction of sp³-hybridized carbons (Fsp3) is 0.250. The van der Waals surface area contributed by atoms with Gasteiger partial charge in [-0.1, -0.05) is 47.7 Å². The fourth-order valence-corrected chi connectivity index (χ4v) is 4.19. The van der Waals surface area contributed by atoms with Crippen molar-refractivity contribution < 1.29 is 23.1 Å². The highest BCUT2D eigenvalue weighted by atomic mass is 19.4. The number of halogens is 3. The second kappa shape index (κ2) is 9.36. The predicted molar refractivity (Wildman–Crippen MR) is 124 cm³/mol. The van der Waals surface area contributed by atoms with Gasteiger partial charge in [-0.15, -0.1) is 0 Å². The van der Waals surface area contributed by atoms with Crippen LogP contribution in [-0.4, -0.2) is 29.0 Å². The van der Waals surface area contributed by atoms with Gasteiger partial charge in [-0.3, -0.25) is 4.79 Å². The number of alkyl halides is 3. The highest BCUT2D eigenvalue weighted by Gasteiger charge is 2.43. The summed E-state index contributed by atoms with van der Waals surface area (Å²) >= 11 is 0. The lowest BCUT2D eigenvalue weighted by Gasteiger charge is -2.39. The van der Waals surface area contributed by atoms with E-state index >= 15 is 0 Å². The highest BCUT2D eigenvalue weighted by molar-refractivity contribution is 5.94. The Morgan fingerprint density at radius 1 is 0.912 bits per heavy atom. The van der Waals surface area contributed by atoms with Crippen molar-refractivity contribution in [3.8, 4) is 11.8 Å². The minimum absolute atomic E-state index is 0.0332. The molecular weight excluding hydrogens is 439 g/mol. The molecule has 0 atom stereocenters. The number of amides is 1. The van der Waals surface area contributed by atoms with E-state index in [0.717, 1.165) is 17.2 Å². The van der Waals surface area contributed by atoms with Crippen LogP contribution in [-0.2, 0) is 11.8 Å². The number of piperidine rings is 1. The Kier molecular flexibility index (Phi) is 6.49. The third-order valence-corrected chi connectivity index (χ3v) is 6.12. The SMILES string of the molecule is Cc1ccc(C2(O)CCN(C(=O)c3ccc(C#Cc4ccccc4)cc3)CC2)c(C(F)(F)F)c1. The minimum atomic E-state index is -4.56. The summed E-state index contributed by atoms with van der Waals surface area (Å²) in [4.78, 5) is 14.5. The van der Waals surface area contributed by atoms with Gasteiger partial charge in [-0.2, -0.15) is 13.2 Å². The molecule has 0 aromatic heterocycles. The van der Waals surface area contributed by atoms with Gasteiger partial charge < -0.3 is 10.0 Å². The van der Waals surface area contributed by atoms with E-state index in [2.05, 4.69) is 11.8 Å². The first-order valence-electron chi connectivity index (χ1n) is 11.0. The first-order chi connectivity index (χ1) is 16.2. The number of hydrogen-bond donors (Lipinski definition) is 1. The summed E-state index contributed by atoms with van der Waals surface area (Å²) in [5, 5.41) is 11.1. The monoisotopic (exact) mass is 463 g/mol. The van der Waals surface area contributed by atoms with E-state index in [1.165, 1.54) is 6.07 Å². The van der Waals surface area contributed by atoms with Crippen LogP contribution in [0.1, 0.15) is 51.0 Å². The van der Waals surface area contributed by atoms with Crippen LogP contribution >= 0.6 is 0 Å². The number of nitrogens with zero attached hydrogens (tertiary/aromatic N) is 1. The zero-order chi connectivity index (χ0) is 24.3. The molecule has 34 heavy (non-hydrogen) atoms. The molecule has 1 saturated heterocycles. The standard InChI is InChI=1S/C28H24F3NO2/c1-20-7-14-24(25(19-20)28(29,30)31)27(34)15-17-32(18-16-27)26(33)23-12-10-22(11-13-23)9-8-21-5-3-2-4-6-21/h2-7,10-14,19,34H,15-18H2,1H3. The quantitative estimate of drug-likeness (QED) is 0.507. The van der Waals surface area contributed by atoms with Crippen LogP contribution in [0.5, 0.6) is 0 Å². The number of rotatable bonds is 2. The first-order valence-corrected chi connectivity index (χ1v) is 11.0. The summed E-state index contributed by atoms with van der Waals surface area (Å²) < 4.78 is 40.7. The minimum Gasteiger partial charge on any atom is -0.385 e. The Balaban J connectivity index is 1.45. The Hall–Kier alpha value is -3.56. The molecule has 1 aliphatic heterocycles. The molecule has 3 aromatic rings. The molecule has 0 bridgehead atoms. The topological polar surface area (TPSA) is 40.5 Å². The van der Waals surface area contributed by atoms with Gasteiger partial charge in [0.05, 0.1) is 11.2 Å². The van der Waals surface area contributed by atoms with Gasteiger partial charge >= 0.3 is 6.18 Å². The van der Waals surface area contributed by atoms with Crippen LogP contribution in [0.25, 0.3) is 0 Å². The van der Waals surface area contributed by atoms with E-state index in [1.54, 1.807) is 42.2 Å². The van der Waals surface area contributed by atoms with Gasteiger partial charge in [0.15, 0.2) is 0 Å². The van der Waals surface area contributed by atoms with E-state index in [-0.39, 0.29) is 37.4 Å². The maximum atomic E-state index is 13.6. The number of aliphatic hydroxyl groups is 1. The first kappa shape index (κ1) is 23.6. The van der Waals surface area contributed by atoms with Crippen molar-refractivity contribution in [3.05, 3.63) is 106 Å². The summed E-state index contributed by atoms with van der Waals surface area (Å²) in [6.07, 6.45) is -4.49. The van der Waals surface area contributed by atoms with Crippen LogP contribution in [0, 0.1) is 18.8 Å². The molecule has 0 aliphatic carbocycles. The lowest BCUT2D eigenvalue weighted by molar-refractivity contribution is -0.141. The van der Waals surface area contributed by atoms with Gasteiger partial charge in [0, 0.05) is 29.8 Å². The zero-order valence-electron chi connectivity index (χ0n) is 18.7. The second-order valence-electron chi connectivity index (χ2n) is 8.56. The van der Waals surface area contributed by atoms with Crippen molar-refractivity contribution in [1.82, 2.24) is 4.90 Å². The molecule has 0 spiro atoms. The second-order valence-corrected chi connectivity index (χ2v) is 8.56. The van der Waals surface area contributed by atoms with Gasteiger partial charge in [0.1, 0.15) is 0 Å². The van der Waals surface area contributed by atoms with Crippen molar-refractivity contribution in [2.45, 2.75) is 31.5 Å². The van der Waals surface area contributed by atoms with Crippen molar-refractivity contribution in [3.63, 3.8) is 0 Å². The summed E-state index contributed by atoms with van der Waals surface area (Å²) in [7, 11) is 0. The molecule has 1 fully saturated rings. The van der Waals surface area contributed by atoms with E-state index in [4.69, 9.17) is 0 Å². The van der Waals surface area contributed by atoms with Crippen molar-refractivity contribution >= 4 is 5.91 Å². The van der Waals surface area contributed by atoms with Crippen LogP contribution in [0.4, 0.5) is 13.2 Å². The van der Waals surface area contributed by atoms with Crippen molar-refractivity contribution in [2.24, 2.45) is 0 Å². The molecule has 0 saturated carbocycles. The summed E-state index contributed by atoms with van der Waals surface area (Å²) in [6.45, 7) is 1.91. The average Bonchev–Trinajstić information content (AvgIpc) is 2.83. The van der Waals surface area contributed by atoms with E-state index in [1.807, 2.05) is 30.3 Å². The molecule has 6 heteroatoms. The molecular formula is C28H24F3NO2. The molecule has 0 unspecified atom stereocenters. The Bertz CT molecular complexity index is 1230. The van der Waals surface area contributed by atoms with Crippen LogP contribution in [0.2, 0.25) is 0 Å². The number of carbonyl (C=O) groups is 1. The number of carbonyl (C=O) groups excluding carboxylic acids is 1. The molecule has 1 N–H and O–H groups in total. The maximum Gasteiger partial charge on any atom is 0.416 e. The third-order valence-electron chi connectivity index (χ3n) is 6.12. The molecule has 1 heterocycles. The lowest BCUT2D eigenvalue weighted by atomic mass is 9.81. The number of hydrogen-bond acceptors (Lipinski definition) is 2. The molecule has 1 aliphatic rings. The Morgan fingerprint density at radius 3 is 2.09 bits per heavy atom. The summed E-state index contributed by atoms with van der Waals surface area (Å²) in [5.41, 5.74) is 0.0390. The molecule has 4 rings (SSSR count). The number of benzene rings is 3. The highest BCUT2D eigenvalue weighted by Crippen LogP contribution is 2.41. The van der Waals surface area contributed by atoms with Crippen molar-refractivity contribution in [1.29, 1.82) is 0 Å². The van der Waals surface area contributed by atoms with E-state index < -0.39 is 17.3 Å². The smallest absolute Gasteiger partial charge is 0.385 e. The van der Waals surface area contributed by atoms with Crippen LogP contribution < -0.4 is 0 Å². The summed E-state index contributed by atoms with van der Waals surface area (Å²) in [6, 6.07) is 20.5. The predicted octanol–water partition coefficient (Wildman–Crippen LogP) is 5.54. The summed E-state index contributed by atoms with van der Waals surface area (Å²) in [5.74, 6) is 5.90. The molecule has 3 nitrogen and oxygen atoms in total. The van der Waals surface area contributed by atoms with Gasteiger partial charge in [0.25, 0.3) is 5.91 Å². The Labute approximate surface area is 196 Å². The third kappa shape index (κ3) is 5.16. The molecule has 3 aromatic carbocycles. The number of aryl methyl sites for hydroxylation is 1. The van der Waals surface area contributed by atoms with Crippen LogP contribution in [0.3, 0.4) is 0 Å². The molecule has 0 radical (unpaired) electrons. The van der Waals surface area contributed by atoms with E-state index in [9.17, 15) is 23.1 Å². The fourth-order valence-electron chi connectivity index (χ4n) is 4.19. The lowest BCUT2D eigenvalue weighted by Crippen LogP contribution is -2.45.